The van der Waals surface area contributed by atoms with Crippen LogP contribution in [-0.4, -0.2) is 10.1 Å². The van der Waals surface area contributed by atoms with Gasteiger partial charge in [-0.3, -0.25) is 4.98 Å². The van der Waals surface area contributed by atoms with Gasteiger partial charge in [0.15, 0.2) is 0 Å². The summed E-state index contributed by atoms with van der Waals surface area (Å²) in [7, 11) is 0. The largest absolute Gasteiger partial charge is 0.416 e. The van der Waals surface area contributed by atoms with Crippen LogP contribution in [0.15, 0.2) is 42.6 Å². The summed E-state index contributed by atoms with van der Waals surface area (Å²) >= 11 is 0. The molecule has 1 aromatic carbocycles. The molecule has 0 bridgehead atoms. The molecule has 0 amide bonds. The first kappa shape index (κ1) is 13.5. The van der Waals surface area contributed by atoms with E-state index in [1.54, 1.807) is 6.07 Å². The van der Waals surface area contributed by atoms with Gasteiger partial charge in [-0.1, -0.05) is 24.3 Å². The highest BCUT2D eigenvalue weighted by Crippen LogP contribution is 2.35. The molecule has 100 valence electrons. The number of aromatic nitrogens is 1. The molecule has 1 unspecified atom stereocenters. The van der Waals surface area contributed by atoms with Gasteiger partial charge in [0.05, 0.1) is 11.3 Å². The van der Waals surface area contributed by atoms with Gasteiger partial charge in [0.1, 0.15) is 6.10 Å². The summed E-state index contributed by atoms with van der Waals surface area (Å²) in [5, 5.41) is 10.1. The molecule has 1 N–H and O–H groups in total. The lowest BCUT2D eigenvalue weighted by molar-refractivity contribution is -0.139. The molecule has 1 aromatic heterocycles. The molecule has 1 heterocycles. The summed E-state index contributed by atoms with van der Waals surface area (Å²) < 4.78 is 38.6. The summed E-state index contributed by atoms with van der Waals surface area (Å²) in [6.07, 6.45) is -4.38. The van der Waals surface area contributed by atoms with Crippen LogP contribution in [-0.2, 0) is 6.18 Å². The Morgan fingerprint density at radius 1 is 1.11 bits per heavy atom. The normalized spacial score (nSPS) is 13.3. The van der Waals surface area contributed by atoms with E-state index in [4.69, 9.17) is 0 Å². The van der Waals surface area contributed by atoms with E-state index in [2.05, 4.69) is 4.98 Å². The molecule has 5 heteroatoms. The van der Waals surface area contributed by atoms with Gasteiger partial charge in [-0.25, -0.2) is 0 Å². The highest BCUT2D eigenvalue weighted by atomic mass is 19.4. The maximum absolute atomic E-state index is 12.9. The average molecular weight is 267 g/mol. The smallest absolute Gasteiger partial charge is 0.382 e. The lowest BCUT2D eigenvalue weighted by Crippen LogP contribution is -2.13. The summed E-state index contributed by atoms with van der Waals surface area (Å²) in [5.74, 6) is 0. The topological polar surface area (TPSA) is 33.1 Å². The lowest BCUT2D eigenvalue weighted by Gasteiger charge is -2.17. The zero-order valence-corrected chi connectivity index (χ0v) is 10.1. The minimum Gasteiger partial charge on any atom is -0.382 e. The van der Waals surface area contributed by atoms with Crippen molar-refractivity contribution in [1.29, 1.82) is 0 Å². The Labute approximate surface area is 108 Å². The van der Waals surface area contributed by atoms with Gasteiger partial charge >= 0.3 is 6.18 Å². The second kappa shape index (κ2) is 5.01. The number of hydrogen-bond acceptors (Lipinski definition) is 2. The Balaban J connectivity index is 2.44. The molecule has 2 nitrogen and oxygen atoms in total. The highest BCUT2D eigenvalue weighted by Gasteiger charge is 2.35. The number of aryl methyl sites for hydroxylation is 1. The first-order valence-corrected chi connectivity index (χ1v) is 5.66. The van der Waals surface area contributed by atoms with Crippen LogP contribution in [0.1, 0.15) is 28.5 Å². The molecule has 2 rings (SSSR count). The first-order valence-electron chi connectivity index (χ1n) is 5.66. The SMILES string of the molecule is Cc1ccc(C(O)c2ccccc2C(F)(F)F)nc1. The Kier molecular flexibility index (Phi) is 3.57. The van der Waals surface area contributed by atoms with Gasteiger partial charge in [0, 0.05) is 6.20 Å². The third kappa shape index (κ3) is 2.93. The number of nitrogens with zero attached hydrogens (tertiary/aromatic N) is 1. The van der Waals surface area contributed by atoms with Crippen molar-refractivity contribution in [3.8, 4) is 0 Å². The van der Waals surface area contributed by atoms with Crippen LogP contribution in [0, 0.1) is 6.92 Å². The zero-order chi connectivity index (χ0) is 14.0. The Morgan fingerprint density at radius 3 is 2.37 bits per heavy atom. The first-order chi connectivity index (χ1) is 8.89. The van der Waals surface area contributed by atoms with Gasteiger partial charge in [-0.2, -0.15) is 13.2 Å². The fourth-order valence-electron chi connectivity index (χ4n) is 1.79. The van der Waals surface area contributed by atoms with Crippen molar-refractivity contribution in [1.82, 2.24) is 4.98 Å². The van der Waals surface area contributed by atoms with Crippen molar-refractivity contribution in [2.24, 2.45) is 0 Å². The van der Waals surface area contributed by atoms with Crippen molar-refractivity contribution in [3.05, 3.63) is 65.0 Å². The second-order valence-corrected chi connectivity index (χ2v) is 4.25. The van der Waals surface area contributed by atoms with Gasteiger partial charge < -0.3 is 5.11 Å². The number of benzene rings is 1. The van der Waals surface area contributed by atoms with E-state index in [9.17, 15) is 18.3 Å². The maximum Gasteiger partial charge on any atom is 0.416 e. The monoisotopic (exact) mass is 267 g/mol. The van der Waals surface area contributed by atoms with Gasteiger partial charge in [-0.15, -0.1) is 0 Å². The fraction of sp³-hybridized carbons (Fsp3) is 0.214. The molecule has 0 aliphatic rings. The predicted molar refractivity (Wildman–Crippen MR) is 64.5 cm³/mol. The number of aliphatic hydroxyl groups excluding tert-OH is 1. The Bertz CT molecular complexity index is 564. The number of hydrogen-bond donors (Lipinski definition) is 1. The highest BCUT2D eigenvalue weighted by molar-refractivity contribution is 5.35. The third-order valence-electron chi connectivity index (χ3n) is 2.78. The second-order valence-electron chi connectivity index (χ2n) is 4.25. The molecule has 0 spiro atoms. The average Bonchev–Trinajstić information content (AvgIpc) is 2.38. The van der Waals surface area contributed by atoms with Gasteiger partial charge in [0.25, 0.3) is 0 Å². The molecular weight excluding hydrogens is 255 g/mol. The van der Waals surface area contributed by atoms with Crippen molar-refractivity contribution >= 4 is 0 Å². The number of alkyl halides is 3. The summed E-state index contributed by atoms with van der Waals surface area (Å²) in [6, 6.07) is 8.18. The van der Waals surface area contributed by atoms with E-state index in [1.165, 1.54) is 30.5 Å². The van der Waals surface area contributed by atoms with E-state index < -0.39 is 17.8 Å². The molecule has 19 heavy (non-hydrogen) atoms. The molecule has 0 saturated carbocycles. The van der Waals surface area contributed by atoms with E-state index in [0.717, 1.165) is 11.6 Å². The van der Waals surface area contributed by atoms with Gasteiger partial charge in [0.2, 0.25) is 0 Å². The van der Waals surface area contributed by atoms with Crippen LogP contribution < -0.4 is 0 Å². The lowest BCUT2D eigenvalue weighted by atomic mass is 9.99. The van der Waals surface area contributed by atoms with E-state index in [1.807, 2.05) is 6.92 Å². The zero-order valence-electron chi connectivity index (χ0n) is 10.1. The van der Waals surface area contributed by atoms with E-state index >= 15 is 0 Å². The number of pyridine rings is 1. The van der Waals surface area contributed by atoms with E-state index in [-0.39, 0.29) is 11.3 Å². The molecule has 1 atom stereocenters. The number of rotatable bonds is 2. The van der Waals surface area contributed by atoms with Crippen LogP contribution >= 0.6 is 0 Å². The third-order valence-corrected chi connectivity index (χ3v) is 2.78. The van der Waals surface area contributed by atoms with Crippen LogP contribution in [0.2, 0.25) is 0 Å². The van der Waals surface area contributed by atoms with Crippen LogP contribution in [0.4, 0.5) is 13.2 Å². The fourth-order valence-corrected chi connectivity index (χ4v) is 1.79. The minimum atomic E-state index is -4.50. The minimum absolute atomic E-state index is 0.189. The summed E-state index contributed by atoms with van der Waals surface area (Å²) in [6.45, 7) is 1.81. The maximum atomic E-state index is 12.9. The van der Waals surface area contributed by atoms with E-state index in [0.29, 0.717) is 0 Å². The van der Waals surface area contributed by atoms with Crippen LogP contribution in [0.25, 0.3) is 0 Å². The molecular formula is C14H12F3NO. The predicted octanol–water partition coefficient (Wildman–Crippen LogP) is 3.49. The molecule has 0 aliphatic carbocycles. The standard InChI is InChI=1S/C14H12F3NO/c1-9-6-7-12(18-8-9)13(19)10-4-2-3-5-11(10)14(15,16)17/h2-8,13,19H,1H3. The van der Waals surface area contributed by atoms with Crippen LogP contribution in [0.5, 0.6) is 0 Å². The van der Waals surface area contributed by atoms with Crippen molar-refractivity contribution in [3.63, 3.8) is 0 Å². The van der Waals surface area contributed by atoms with Crippen molar-refractivity contribution < 1.29 is 18.3 Å². The molecule has 0 radical (unpaired) electrons. The number of aliphatic hydroxyl groups is 1. The molecule has 0 fully saturated rings. The van der Waals surface area contributed by atoms with Crippen molar-refractivity contribution in [2.75, 3.05) is 0 Å². The van der Waals surface area contributed by atoms with Crippen LogP contribution in [0.3, 0.4) is 0 Å². The molecule has 0 saturated heterocycles. The van der Waals surface area contributed by atoms with Gasteiger partial charge in [-0.05, 0) is 30.2 Å². The molecule has 2 aromatic rings. The Hall–Kier alpha value is -1.88. The molecule has 0 aliphatic heterocycles. The number of halogens is 3. The Morgan fingerprint density at radius 2 is 1.79 bits per heavy atom. The summed E-state index contributed by atoms with van der Waals surface area (Å²) in [4.78, 5) is 3.96. The van der Waals surface area contributed by atoms with Crippen molar-refractivity contribution in [2.45, 2.75) is 19.2 Å². The summed E-state index contributed by atoms with van der Waals surface area (Å²) in [5.41, 5.74) is 0.0404. The quantitative estimate of drug-likeness (QED) is 0.903.